The van der Waals surface area contributed by atoms with Gasteiger partial charge in [-0.15, -0.1) is 0 Å². The van der Waals surface area contributed by atoms with Gasteiger partial charge in [-0.3, -0.25) is 9.98 Å². The largest absolute Gasteiger partial charge is 0.460 e. The van der Waals surface area contributed by atoms with E-state index in [1.54, 1.807) is 31.5 Å². The Morgan fingerprint density at radius 1 is 0.844 bits per heavy atom. The molecule has 0 spiro atoms. The highest BCUT2D eigenvalue weighted by molar-refractivity contribution is 5.89. The van der Waals surface area contributed by atoms with Crippen LogP contribution in [-0.4, -0.2) is 25.0 Å². The maximum Gasteiger partial charge on any atom is 0.374 e. The minimum absolute atomic E-state index is 0.151. The summed E-state index contributed by atoms with van der Waals surface area (Å²) in [6.07, 6.45) is 3.60. The average molecular weight is 422 g/mol. The fraction of sp³-hybridized carbons (Fsp3) is 0.0741. The van der Waals surface area contributed by atoms with E-state index in [4.69, 9.17) is 9.15 Å². The van der Waals surface area contributed by atoms with E-state index >= 15 is 0 Å². The quantitative estimate of drug-likeness (QED) is 0.248. The van der Waals surface area contributed by atoms with Gasteiger partial charge in [-0.25, -0.2) is 4.79 Å². The van der Waals surface area contributed by atoms with Gasteiger partial charge in [0.25, 0.3) is 0 Å². The van der Waals surface area contributed by atoms with E-state index in [1.807, 2.05) is 78.9 Å². The lowest BCUT2D eigenvalue weighted by atomic mass is 10.1. The predicted octanol–water partition coefficient (Wildman–Crippen LogP) is 6.62. The van der Waals surface area contributed by atoms with Gasteiger partial charge in [-0.1, -0.05) is 60.7 Å². The van der Waals surface area contributed by atoms with Crippen molar-refractivity contribution in [3.8, 4) is 11.3 Å². The molecular weight excluding hydrogens is 400 g/mol. The Labute approximate surface area is 186 Å². The summed E-state index contributed by atoms with van der Waals surface area (Å²) in [7, 11) is 0. The van der Waals surface area contributed by atoms with Crippen LogP contribution in [0.1, 0.15) is 28.6 Å². The van der Waals surface area contributed by atoms with Crippen LogP contribution in [-0.2, 0) is 4.74 Å². The fourth-order valence-corrected chi connectivity index (χ4v) is 3.08. The van der Waals surface area contributed by atoms with Gasteiger partial charge in [0, 0.05) is 18.0 Å². The molecule has 4 aromatic rings. The number of esters is 1. The number of carbonyl (C=O) groups is 1. The lowest BCUT2D eigenvalue weighted by molar-refractivity contribution is 0.0491. The first-order valence-electron chi connectivity index (χ1n) is 10.3. The molecule has 158 valence electrons. The summed E-state index contributed by atoms with van der Waals surface area (Å²) in [6.45, 7) is 2.04. The molecule has 3 aromatic carbocycles. The summed E-state index contributed by atoms with van der Waals surface area (Å²) in [5, 5.41) is 0. The normalized spacial score (nSPS) is 11.3. The number of furan rings is 1. The minimum Gasteiger partial charge on any atom is -0.460 e. The SMILES string of the molecule is CCOC(=O)c1ccc(-c2cc(N=Cc3ccccc3)ccc2N=Cc2ccccc2)o1. The second-order valence-corrected chi connectivity index (χ2v) is 6.92. The van der Waals surface area contributed by atoms with Gasteiger partial charge in [0.1, 0.15) is 5.76 Å². The summed E-state index contributed by atoms with van der Waals surface area (Å²) in [4.78, 5) is 21.3. The van der Waals surface area contributed by atoms with Crippen molar-refractivity contribution < 1.29 is 13.9 Å². The van der Waals surface area contributed by atoms with E-state index in [2.05, 4.69) is 9.98 Å². The first-order valence-corrected chi connectivity index (χ1v) is 10.3. The van der Waals surface area contributed by atoms with Gasteiger partial charge in [-0.05, 0) is 48.4 Å². The molecule has 0 bridgehead atoms. The van der Waals surface area contributed by atoms with Crippen molar-refractivity contribution in [1.29, 1.82) is 0 Å². The van der Waals surface area contributed by atoms with Crippen LogP contribution in [0.5, 0.6) is 0 Å². The van der Waals surface area contributed by atoms with E-state index in [0.29, 0.717) is 11.4 Å². The van der Waals surface area contributed by atoms with Crippen LogP contribution in [0.2, 0.25) is 0 Å². The molecule has 5 nitrogen and oxygen atoms in total. The maximum absolute atomic E-state index is 12.0. The highest BCUT2D eigenvalue weighted by Gasteiger charge is 2.15. The third-order valence-electron chi connectivity index (χ3n) is 4.64. The molecule has 5 heteroatoms. The van der Waals surface area contributed by atoms with Crippen molar-refractivity contribution in [1.82, 2.24) is 0 Å². The summed E-state index contributed by atoms with van der Waals surface area (Å²) < 4.78 is 10.8. The molecule has 1 heterocycles. The van der Waals surface area contributed by atoms with Gasteiger partial charge in [0.05, 0.1) is 18.0 Å². The Kier molecular flexibility index (Phi) is 6.68. The fourth-order valence-electron chi connectivity index (χ4n) is 3.08. The number of aliphatic imine (C=N–C) groups is 2. The van der Waals surface area contributed by atoms with E-state index in [-0.39, 0.29) is 12.4 Å². The van der Waals surface area contributed by atoms with Crippen LogP contribution in [0.25, 0.3) is 11.3 Å². The number of hydrogen-bond donors (Lipinski definition) is 0. The van der Waals surface area contributed by atoms with Crippen molar-refractivity contribution in [3.63, 3.8) is 0 Å². The predicted molar refractivity (Wildman–Crippen MR) is 127 cm³/mol. The van der Waals surface area contributed by atoms with Crippen molar-refractivity contribution in [3.05, 3.63) is 108 Å². The maximum atomic E-state index is 12.0. The molecule has 0 saturated carbocycles. The first kappa shape index (κ1) is 21.0. The smallest absolute Gasteiger partial charge is 0.374 e. The lowest BCUT2D eigenvalue weighted by Crippen LogP contribution is -2.02. The number of benzene rings is 3. The molecule has 0 unspecified atom stereocenters. The van der Waals surface area contributed by atoms with Gasteiger partial charge in [-0.2, -0.15) is 0 Å². The molecular formula is C27H22N2O3. The van der Waals surface area contributed by atoms with Crippen LogP contribution in [0, 0.1) is 0 Å². The van der Waals surface area contributed by atoms with E-state index in [1.165, 1.54) is 0 Å². The highest BCUT2D eigenvalue weighted by atomic mass is 16.5. The zero-order valence-electron chi connectivity index (χ0n) is 17.6. The minimum atomic E-state index is -0.494. The molecule has 0 radical (unpaired) electrons. The molecule has 0 atom stereocenters. The van der Waals surface area contributed by atoms with Crippen LogP contribution >= 0.6 is 0 Å². The van der Waals surface area contributed by atoms with Crippen LogP contribution < -0.4 is 0 Å². The second-order valence-electron chi connectivity index (χ2n) is 6.92. The van der Waals surface area contributed by atoms with Gasteiger partial charge < -0.3 is 9.15 Å². The molecule has 0 saturated heterocycles. The number of nitrogens with zero attached hydrogens (tertiary/aromatic N) is 2. The van der Waals surface area contributed by atoms with Crippen LogP contribution in [0.15, 0.2) is 105 Å². The van der Waals surface area contributed by atoms with Crippen molar-refractivity contribution >= 4 is 29.8 Å². The average Bonchev–Trinajstić information content (AvgIpc) is 3.33. The van der Waals surface area contributed by atoms with Crippen molar-refractivity contribution in [2.45, 2.75) is 6.92 Å². The van der Waals surface area contributed by atoms with E-state index < -0.39 is 5.97 Å². The molecule has 0 amide bonds. The first-order chi connectivity index (χ1) is 15.7. The zero-order valence-corrected chi connectivity index (χ0v) is 17.6. The number of carbonyl (C=O) groups excluding carboxylic acids is 1. The van der Waals surface area contributed by atoms with Crippen LogP contribution in [0.3, 0.4) is 0 Å². The molecule has 0 aliphatic carbocycles. The molecule has 0 fully saturated rings. The monoisotopic (exact) mass is 422 g/mol. The van der Waals surface area contributed by atoms with Crippen molar-refractivity contribution in [2.75, 3.05) is 6.61 Å². The Hall–Kier alpha value is -4.25. The van der Waals surface area contributed by atoms with Gasteiger partial charge >= 0.3 is 5.97 Å². The molecule has 0 aliphatic rings. The molecule has 0 aliphatic heterocycles. The Balaban J connectivity index is 1.70. The number of hydrogen-bond acceptors (Lipinski definition) is 5. The molecule has 4 rings (SSSR count). The Morgan fingerprint density at radius 3 is 2.16 bits per heavy atom. The Morgan fingerprint density at radius 2 is 1.50 bits per heavy atom. The van der Waals surface area contributed by atoms with Crippen LogP contribution in [0.4, 0.5) is 11.4 Å². The van der Waals surface area contributed by atoms with E-state index in [9.17, 15) is 4.79 Å². The zero-order chi connectivity index (χ0) is 22.2. The highest BCUT2D eigenvalue weighted by Crippen LogP contribution is 2.35. The summed E-state index contributed by atoms with van der Waals surface area (Å²) in [6, 6.07) is 28.7. The number of rotatable bonds is 7. The second kappa shape index (κ2) is 10.2. The third kappa shape index (κ3) is 5.26. The molecule has 32 heavy (non-hydrogen) atoms. The van der Waals surface area contributed by atoms with Gasteiger partial charge in [0.2, 0.25) is 5.76 Å². The standard InChI is InChI=1S/C27H22N2O3/c1-2-31-27(30)26-16-15-25(32-26)23-17-22(28-18-20-9-5-3-6-10-20)13-14-24(23)29-19-21-11-7-4-8-12-21/h3-19H,2H2,1H3. The van der Waals surface area contributed by atoms with E-state index in [0.717, 1.165) is 22.4 Å². The topological polar surface area (TPSA) is 64.2 Å². The van der Waals surface area contributed by atoms with Crippen molar-refractivity contribution in [2.24, 2.45) is 9.98 Å². The molecule has 0 N–H and O–H groups in total. The molecule has 1 aromatic heterocycles. The van der Waals surface area contributed by atoms with Gasteiger partial charge in [0.15, 0.2) is 0 Å². The summed E-state index contributed by atoms with van der Waals surface area (Å²) in [5.41, 5.74) is 4.17. The summed E-state index contributed by atoms with van der Waals surface area (Å²) in [5.74, 6) is 0.175. The summed E-state index contributed by atoms with van der Waals surface area (Å²) >= 11 is 0. The third-order valence-corrected chi connectivity index (χ3v) is 4.64. The Bertz CT molecular complexity index is 1240. The lowest BCUT2D eigenvalue weighted by Gasteiger charge is -2.05. The number of ether oxygens (including phenoxy) is 1.